The number of carbonyl (C=O) groups is 2. The molecule has 0 unspecified atom stereocenters. The summed E-state index contributed by atoms with van der Waals surface area (Å²) < 4.78 is 25.5. The molecule has 0 aliphatic carbocycles. The van der Waals surface area contributed by atoms with Gasteiger partial charge in [-0.05, 0) is 56.5 Å². The second-order valence-electron chi connectivity index (χ2n) is 10.2. The van der Waals surface area contributed by atoms with Gasteiger partial charge in [0.1, 0.15) is 11.9 Å². The summed E-state index contributed by atoms with van der Waals surface area (Å²) in [6.45, 7) is 5.85. The molecule has 7 heteroatoms. The fourth-order valence-corrected chi connectivity index (χ4v) is 4.31. The van der Waals surface area contributed by atoms with E-state index in [9.17, 15) is 14.0 Å². The van der Waals surface area contributed by atoms with Gasteiger partial charge < -0.3 is 19.7 Å². The number of nitrogens with one attached hydrogen (secondary N) is 1. The largest absolute Gasteiger partial charge is 0.454 e. The first-order valence-electron chi connectivity index (χ1n) is 12.5. The molecule has 0 aromatic heterocycles. The standard InChI is InChI=1S/C30H33FN2O4/c1-30(2,3)32-29(35)25(17-21-9-5-4-6-10-21)33(19-23-11-7-8-12-24(23)31)28(34)16-14-22-13-15-26-27(18-22)37-20-36-26/h4-13,15,18,25H,14,16-17,19-20H2,1-3H3,(H,32,35)/t25-/m0/s1. The number of amides is 2. The van der Waals surface area contributed by atoms with Crippen molar-refractivity contribution < 1.29 is 23.5 Å². The highest BCUT2D eigenvalue weighted by atomic mass is 19.1. The Bertz CT molecular complexity index is 1240. The van der Waals surface area contributed by atoms with Crippen LogP contribution in [0.15, 0.2) is 72.8 Å². The maximum Gasteiger partial charge on any atom is 0.243 e. The first kappa shape index (κ1) is 26.2. The van der Waals surface area contributed by atoms with E-state index < -0.39 is 17.4 Å². The maximum absolute atomic E-state index is 14.7. The molecule has 1 aliphatic heterocycles. The summed E-state index contributed by atoms with van der Waals surface area (Å²) in [6.07, 6.45) is 0.914. The average Bonchev–Trinajstić information content (AvgIpc) is 3.33. The molecule has 0 fully saturated rings. The summed E-state index contributed by atoms with van der Waals surface area (Å²) in [5.74, 6) is 0.415. The van der Waals surface area contributed by atoms with Crippen molar-refractivity contribution in [1.29, 1.82) is 0 Å². The topological polar surface area (TPSA) is 67.9 Å². The van der Waals surface area contributed by atoms with Crippen LogP contribution >= 0.6 is 0 Å². The summed E-state index contributed by atoms with van der Waals surface area (Å²) in [7, 11) is 0. The van der Waals surface area contributed by atoms with E-state index in [1.54, 1.807) is 18.2 Å². The molecule has 1 heterocycles. The third-order valence-corrected chi connectivity index (χ3v) is 6.13. The van der Waals surface area contributed by atoms with Gasteiger partial charge >= 0.3 is 0 Å². The highest BCUT2D eigenvalue weighted by molar-refractivity contribution is 5.88. The van der Waals surface area contributed by atoms with Crippen LogP contribution in [0.2, 0.25) is 0 Å². The van der Waals surface area contributed by atoms with E-state index in [1.165, 1.54) is 11.0 Å². The Balaban J connectivity index is 1.62. The van der Waals surface area contributed by atoms with Crippen LogP contribution in [0.5, 0.6) is 11.5 Å². The highest BCUT2D eigenvalue weighted by Crippen LogP contribution is 2.33. The molecule has 37 heavy (non-hydrogen) atoms. The second kappa shape index (κ2) is 11.5. The predicted molar refractivity (Wildman–Crippen MR) is 140 cm³/mol. The van der Waals surface area contributed by atoms with Gasteiger partial charge in [-0.15, -0.1) is 0 Å². The number of rotatable bonds is 9. The zero-order valence-electron chi connectivity index (χ0n) is 21.5. The van der Waals surface area contributed by atoms with E-state index in [-0.39, 0.29) is 31.6 Å². The number of hydrogen-bond acceptors (Lipinski definition) is 4. The molecule has 3 aromatic rings. The van der Waals surface area contributed by atoms with Crippen LogP contribution in [0.25, 0.3) is 0 Å². The van der Waals surface area contributed by atoms with E-state index in [1.807, 2.05) is 69.3 Å². The number of fused-ring (bicyclic) bond motifs is 1. The van der Waals surface area contributed by atoms with Gasteiger partial charge in [0, 0.05) is 30.5 Å². The number of carbonyl (C=O) groups excluding carboxylic acids is 2. The SMILES string of the molecule is CC(C)(C)NC(=O)[C@H](Cc1ccccc1)N(Cc1ccccc1F)C(=O)CCc1ccc2c(c1)OCO2. The normalized spacial score (nSPS) is 13.2. The van der Waals surface area contributed by atoms with Gasteiger partial charge in [0.15, 0.2) is 11.5 Å². The van der Waals surface area contributed by atoms with Crippen molar-refractivity contribution in [1.82, 2.24) is 10.2 Å². The van der Waals surface area contributed by atoms with Crippen LogP contribution in [0.4, 0.5) is 4.39 Å². The minimum atomic E-state index is -0.814. The molecule has 1 aliphatic rings. The maximum atomic E-state index is 14.7. The first-order valence-corrected chi connectivity index (χ1v) is 12.5. The lowest BCUT2D eigenvalue weighted by Gasteiger charge is -2.34. The number of halogens is 1. The summed E-state index contributed by atoms with van der Waals surface area (Å²) in [4.78, 5) is 28.8. The van der Waals surface area contributed by atoms with E-state index in [0.717, 1.165) is 11.1 Å². The van der Waals surface area contributed by atoms with Crippen molar-refractivity contribution in [3.8, 4) is 11.5 Å². The van der Waals surface area contributed by atoms with E-state index in [4.69, 9.17) is 9.47 Å². The molecular weight excluding hydrogens is 471 g/mol. The molecule has 194 valence electrons. The number of benzene rings is 3. The van der Waals surface area contributed by atoms with Gasteiger partial charge in [-0.3, -0.25) is 9.59 Å². The summed E-state index contributed by atoms with van der Waals surface area (Å²) in [5.41, 5.74) is 1.70. The van der Waals surface area contributed by atoms with Crippen LogP contribution in [-0.2, 0) is 29.0 Å². The zero-order chi connectivity index (χ0) is 26.4. The second-order valence-corrected chi connectivity index (χ2v) is 10.2. The quantitative estimate of drug-likeness (QED) is 0.443. The van der Waals surface area contributed by atoms with E-state index >= 15 is 0 Å². The number of hydrogen-bond donors (Lipinski definition) is 1. The van der Waals surface area contributed by atoms with Crippen molar-refractivity contribution >= 4 is 11.8 Å². The Morgan fingerprint density at radius 3 is 2.38 bits per heavy atom. The molecule has 1 N–H and O–H groups in total. The minimum absolute atomic E-state index is 0.0122. The van der Waals surface area contributed by atoms with E-state index in [0.29, 0.717) is 29.9 Å². The smallest absolute Gasteiger partial charge is 0.243 e. The minimum Gasteiger partial charge on any atom is -0.454 e. The van der Waals surface area contributed by atoms with Gasteiger partial charge in [0.25, 0.3) is 0 Å². The van der Waals surface area contributed by atoms with E-state index in [2.05, 4.69) is 5.32 Å². The predicted octanol–water partition coefficient (Wildman–Crippen LogP) is 5.04. The van der Waals surface area contributed by atoms with Crippen molar-refractivity contribution in [3.63, 3.8) is 0 Å². The van der Waals surface area contributed by atoms with Crippen molar-refractivity contribution in [2.24, 2.45) is 0 Å². The zero-order valence-corrected chi connectivity index (χ0v) is 21.5. The van der Waals surface area contributed by atoms with Crippen LogP contribution in [-0.4, -0.2) is 35.1 Å². The Labute approximate surface area is 217 Å². The lowest BCUT2D eigenvalue weighted by molar-refractivity contribution is -0.142. The fourth-order valence-electron chi connectivity index (χ4n) is 4.31. The molecule has 0 saturated carbocycles. The molecule has 3 aromatic carbocycles. The lowest BCUT2D eigenvalue weighted by Crippen LogP contribution is -2.54. The number of nitrogens with zero attached hydrogens (tertiary/aromatic N) is 1. The molecule has 4 rings (SSSR count). The summed E-state index contributed by atoms with van der Waals surface area (Å²) in [5, 5.41) is 3.02. The fraction of sp³-hybridized carbons (Fsp3) is 0.333. The van der Waals surface area contributed by atoms with Crippen molar-refractivity contribution in [2.75, 3.05) is 6.79 Å². The monoisotopic (exact) mass is 504 g/mol. The Kier molecular flexibility index (Phi) is 8.11. The van der Waals surface area contributed by atoms with Crippen LogP contribution in [0.3, 0.4) is 0 Å². The third kappa shape index (κ3) is 7.09. The molecule has 0 bridgehead atoms. The Hall–Kier alpha value is -3.87. The molecule has 6 nitrogen and oxygen atoms in total. The molecule has 2 amide bonds. The third-order valence-electron chi connectivity index (χ3n) is 6.13. The Morgan fingerprint density at radius 1 is 0.946 bits per heavy atom. The van der Waals surface area contributed by atoms with Gasteiger partial charge in [-0.1, -0.05) is 54.6 Å². The Morgan fingerprint density at radius 2 is 1.65 bits per heavy atom. The highest BCUT2D eigenvalue weighted by Gasteiger charge is 2.32. The molecule has 1 atom stereocenters. The number of aryl methyl sites for hydroxylation is 1. The summed E-state index contributed by atoms with van der Waals surface area (Å²) in [6, 6.07) is 20.7. The number of ether oxygens (including phenoxy) is 2. The van der Waals surface area contributed by atoms with Crippen LogP contribution in [0.1, 0.15) is 43.9 Å². The van der Waals surface area contributed by atoms with Crippen LogP contribution in [0, 0.1) is 5.82 Å². The van der Waals surface area contributed by atoms with Gasteiger partial charge in [-0.2, -0.15) is 0 Å². The first-order chi connectivity index (χ1) is 17.7. The van der Waals surface area contributed by atoms with Gasteiger partial charge in [0.2, 0.25) is 18.6 Å². The molecule has 0 saturated heterocycles. The van der Waals surface area contributed by atoms with Crippen LogP contribution < -0.4 is 14.8 Å². The van der Waals surface area contributed by atoms with Gasteiger partial charge in [0.05, 0.1) is 0 Å². The van der Waals surface area contributed by atoms with Crippen molar-refractivity contribution in [2.45, 2.75) is 58.2 Å². The summed E-state index contributed by atoms with van der Waals surface area (Å²) >= 11 is 0. The van der Waals surface area contributed by atoms with Crippen molar-refractivity contribution in [3.05, 3.63) is 95.3 Å². The average molecular weight is 505 g/mol. The van der Waals surface area contributed by atoms with Gasteiger partial charge in [-0.25, -0.2) is 4.39 Å². The molecule has 0 radical (unpaired) electrons. The molecule has 0 spiro atoms. The molecular formula is C30H33FN2O4. The lowest BCUT2D eigenvalue weighted by atomic mass is 9.99.